The van der Waals surface area contributed by atoms with Gasteiger partial charge in [0.05, 0.1) is 6.54 Å². The summed E-state index contributed by atoms with van der Waals surface area (Å²) in [6.45, 7) is 18.0. The molecule has 0 radical (unpaired) electrons. The summed E-state index contributed by atoms with van der Waals surface area (Å²) in [6.07, 6.45) is 7.95. The summed E-state index contributed by atoms with van der Waals surface area (Å²) in [4.78, 5) is 2.22. The van der Waals surface area contributed by atoms with Gasteiger partial charge in [-0.15, -0.1) is 0 Å². The highest BCUT2D eigenvalue weighted by Gasteiger charge is 2.40. The van der Waals surface area contributed by atoms with Crippen LogP contribution >= 0.6 is 0 Å². The van der Waals surface area contributed by atoms with Crippen molar-refractivity contribution in [1.82, 2.24) is 4.90 Å². The van der Waals surface area contributed by atoms with Gasteiger partial charge in [0.15, 0.2) is 5.88 Å². The van der Waals surface area contributed by atoms with Crippen molar-refractivity contribution in [2.45, 2.75) is 52.4 Å². The van der Waals surface area contributed by atoms with Crippen molar-refractivity contribution in [1.29, 1.82) is 0 Å². The Bertz CT molecular complexity index is 1080. The van der Waals surface area contributed by atoms with Gasteiger partial charge in [-0.25, -0.2) is 0 Å². The summed E-state index contributed by atoms with van der Waals surface area (Å²) < 4.78 is 6.75. The van der Waals surface area contributed by atoms with Crippen LogP contribution in [-0.4, -0.2) is 13.2 Å². The van der Waals surface area contributed by atoms with Crippen LogP contribution in [0, 0.1) is 0 Å². The fraction of sp³-hybridized carbons (Fsp3) is 0.286. The van der Waals surface area contributed by atoms with Gasteiger partial charge in [-0.2, -0.15) is 0 Å². The third-order valence-electron chi connectivity index (χ3n) is 6.31. The molecule has 3 rings (SSSR count). The maximum atomic E-state index is 6.75. The Kier molecular flexibility index (Phi) is 6.76. The highest BCUT2D eigenvalue weighted by atomic mass is 28.4. The van der Waals surface area contributed by atoms with Gasteiger partial charge in [-0.3, -0.25) is 0 Å². The van der Waals surface area contributed by atoms with Gasteiger partial charge in [0.2, 0.25) is 0 Å². The number of allylic oxidation sites excluding steroid dienone is 3. The van der Waals surface area contributed by atoms with Crippen molar-refractivity contribution in [3.05, 3.63) is 97.1 Å². The van der Waals surface area contributed by atoms with E-state index in [0.717, 1.165) is 12.4 Å². The molecular weight excluding hydrogens is 394 g/mol. The van der Waals surface area contributed by atoms with Gasteiger partial charge in [0, 0.05) is 6.20 Å². The lowest BCUT2D eigenvalue weighted by Gasteiger charge is -2.39. The first-order valence-corrected chi connectivity index (χ1v) is 13.9. The minimum Gasteiger partial charge on any atom is -0.532 e. The van der Waals surface area contributed by atoms with Gasteiger partial charge < -0.3 is 9.33 Å². The quantitative estimate of drug-likeness (QED) is 0.162. The summed E-state index contributed by atoms with van der Waals surface area (Å²) in [5, 5.41) is 5.20. The van der Waals surface area contributed by atoms with E-state index in [4.69, 9.17) is 4.43 Å². The summed E-state index contributed by atoms with van der Waals surface area (Å²) in [5.74, 6) is 0.904. The first-order chi connectivity index (χ1) is 14.7. The van der Waals surface area contributed by atoms with E-state index in [1.165, 1.54) is 27.1 Å². The SMILES string of the molecule is C=C/C=C/N(Cc1c2ccccc2cc2ccccc12)/C(=C/C)O[Si](C)(C)C(C)(C)C. The molecule has 0 heterocycles. The van der Waals surface area contributed by atoms with Gasteiger partial charge in [0.25, 0.3) is 8.32 Å². The number of fused-ring (bicyclic) bond motifs is 2. The number of nitrogens with zero attached hydrogens (tertiary/aromatic N) is 1. The average molecular weight is 430 g/mol. The normalized spacial score (nSPS) is 13.2. The van der Waals surface area contributed by atoms with Gasteiger partial charge >= 0.3 is 0 Å². The third-order valence-corrected chi connectivity index (χ3v) is 10.6. The lowest BCUT2D eigenvalue weighted by molar-refractivity contribution is 0.248. The minimum atomic E-state index is -1.99. The lowest BCUT2D eigenvalue weighted by Crippen LogP contribution is -2.42. The van der Waals surface area contributed by atoms with E-state index in [1.807, 2.05) is 12.2 Å². The molecule has 3 aromatic rings. The molecule has 0 aromatic heterocycles. The van der Waals surface area contributed by atoms with Crippen LogP contribution in [0.2, 0.25) is 18.1 Å². The number of hydrogen-bond donors (Lipinski definition) is 0. The summed E-state index contributed by atoms with van der Waals surface area (Å²) in [7, 11) is -1.99. The number of benzene rings is 3. The van der Waals surface area contributed by atoms with Gasteiger partial charge in [-0.05, 0) is 70.4 Å². The van der Waals surface area contributed by atoms with E-state index in [0.29, 0.717) is 0 Å². The Balaban J connectivity index is 2.12. The molecule has 31 heavy (non-hydrogen) atoms. The highest BCUT2D eigenvalue weighted by Crippen LogP contribution is 2.39. The molecule has 0 saturated heterocycles. The predicted octanol–water partition coefficient (Wildman–Crippen LogP) is 8.38. The van der Waals surface area contributed by atoms with E-state index in [9.17, 15) is 0 Å². The number of hydrogen-bond acceptors (Lipinski definition) is 2. The van der Waals surface area contributed by atoms with Crippen molar-refractivity contribution < 1.29 is 4.43 Å². The molecule has 0 fully saturated rings. The molecule has 0 unspecified atom stereocenters. The summed E-state index contributed by atoms with van der Waals surface area (Å²) >= 11 is 0. The first-order valence-electron chi connectivity index (χ1n) is 11.0. The predicted molar refractivity (Wildman–Crippen MR) is 138 cm³/mol. The van der Waals surface area contributed by atoms with Crippen molar-refractivity contribution >= 4 is 29.9 Å². The number of rotatable bonds is 7. The molecule has 2 nitrogen and oxygen atoms in total. The van der Waals surface area contributed by atoms with E-state index >= 15 is 0 Å². The molecule has 3 aromatic carbocycles. The maximum Gasteiger partial charge on any atom is 0.252 e. The lowest BCUT2D eigenvalue weighted by atomic mass is 9.96. The van der Waals surface area contributed by atoms with Crippen LogP contribution in [-0.2, 0) is 11.0 Å². The van der Waals surface area contributed by atoms with Crippen LogP contribution in [0.5, 0.6) is 0 Å². The zero-order chi connectivity index (χ0) is 22.6. The van der Waals surface area contributed by atoms with Crippen molar-refractivity contribution in [2.24, 2.45) is 0 Å². The molecule has 0 spiro atoms. The Morgan fingerprint density at radius 1 is 1.00 bits per heavy atom. The van der Waals surface area contributed by atoms with Crippen molar-refractivity contribution in [3.63, 3.8) is 0 Å². The van der Waals surface area contributed by atoms with Crippen LogP contribution < -0.4 is 0 Å². The summed E-state index contributed by atoms with van der Waals surface area (Å²) in [6, 6.07) is 19.5. The Labute approximate surface area is 188 Å². The molecule has 0 N–H and O–H groups in total. The Hall–Kier alpha value is -2.78. The van der Waals surface area contributed by atoms with E-state index in [2.05, 4.69) is 119 Å². The first kappa shape index (κ1) is 22.9. The van der Waals surface area contributed by atoms with Crippen LogP contribution in [0.15, 0.2) is 91.5 Å². The molecular formula is C28H35NOSi. The van der Waals surface area contributed by atoms with Gasteiger partial charge in [0.1, 0.15) is 0 Å². The van der Waals surface area contributed by atoms with Crippen LogP contribution in [0.4, 0.5) is 0 Å². The second-order valence-electron chi connectivity index (χ2n) is 9.49. The molecule has 0 aliphatic carbocycles. The van der Waals surface area contributed by atoms with Crippen LogP contribution in [0.3, 0.4) is 0 Å². The smallest absolute Gasteiger partial charge is 0.252 e. The molecule has 0 aliphatic heterocycles. The van der Waals surface area contributed by atoms with Gasteiger partial charge in [-0.1, -0.05) is 82.0 Å². The van der Waals surface area contributed by atoms with Crippen molar-refractivity contribution in [3.8, 4) is 0 Å². The second-order valence-corrected chi connectivity index (χ2v) is 14.2. The molecule has 0 amide bonds. The largest absolute Gasteiger partial charge is 0.532 e. The third kappa shape index (κ3) is 4.94. The highest BCUT2D eigenvalue weighted by molar-refractivity contribution is 6.74. The molecule has 0 atom stereocenters. The second kappa shape index (κ2) is 9.15. The monoisotopic (exact) mass is 429 g/mol. The maximum absolute atomic E-state index is 6.75. The fourth-order valence-corrected chi connectivity index (χ4v) is 4.58. The average Bonchev–Trinajstić information content (AvgIpc) is 2.73. The standard InChI is InChI=1S/C28H35NOSi/c1-8-10-19-29(27(9-2)30-31(6,7)28(3,4)5)21-26-24-17-13-11-15-22(24)20-23-16-12-14-18-25(23)26/h8-20H,1,21H2,2-7H3/b19-10+,27-9-. The fourth-order valence-electron chi connectivity index (χ4n) is 3.52. The molecule has 0 aliphatic rings. The molecule has 0 saturated carbocycles. The molecule has 3 heteroatoms. The van der Waals surface area contributed by atoms with Crippen LogP contribution in [0.1, 0.15) is 33.3 Å². The molecule has 0 bridgehead atoms. The Morgan fingerprint density at radius 2 is 1.55 bits per heavy atom. The minimum absolute atomic E-state index is 0.126. The van der Waals surface area contributed by atoms with E-state index in [-0.39, 0.29) is 5.04 Å². The van der Waals surface area contributed by atoms with Crippen LogP contribution in [0.25, 0.3) is 21.5 Å². The van der Waals surface area contributed by atoms with E-state index < -0.39 is 8.32 Å². The zero-order valence-corrected chi connectivity index (χ0v) is 20.8. The van der Waals surface area contributed by atoms with Crippen molar-refractivity contribution in [2.75, 3.05) is 0 Å². The summed E-state index contributed by atoms with van der Waals surface area (Å²) in [5.41, 5.74) is 1.31. The zero-order valence-electron chi connectivity index (χ0n) is 19.8. The molecule has 162 valence electrons. The topological polar surface area (TPSA) is 12.5 Å². The Morgan fingerprint density at radius 3 is 2.03 bits per heavy atom. The van der Waals surface area contributed by atoms with E-state index in [1.54, 1.807) is 0 Å².